The molecule has 2 N–H and O–H groups in total. The van der Waals surface area contributed by atoms with E-state index in [0.29, 0.717) is 11.6 Å². The van der Waals surface area contributed by atoms with Gasteiger partial charge in [-0.15, -0.1) is 23.7 Å². The zero-order chi connectivity index (χ0) is 17.0. The predicted octanol–water partition coefficient (Wildman–Crippen LogP) is 4.11. The van der Waals surface area contributed by atoms with E-state index in [0.717, 1.165) is 55.2 Å². The van der Waals surface area contributed by atoms with Crippen molar-refractivity contribution in [3.8, 4) is 5.75 Å². The molecular weight excluding hydrogens is 379 g/mol. The SMILES string of the molecule is Cc1nc(C2(O)CCCNCC2)sc1CCOc1ccc(Cl)cc1.Cl. The van der Waals surface area contributed by atoms with Crippen LogP contribution in [0.1, 0.15) is 34.8 Å². The molecule has 0 bridgehead atoms. The number of nitrogens with one attached hydrogen (secondary N) is 1. The monoisotopic (exact) mass is 402 g/mol. The fourth-order valence-corrected chi connectivity index (χ4v) is 4.23. The lowest BCUT2D eigenvalue weighted by Crippen LogP contribution is -2.27. The molecule has 0 radical (unpaired) electrons. The topological polar surface area (TPSA) is 54.4 Å². The van der Waals surface area contributed by atoms with Gasteiger partial charge >= 0.3 is 0 Å². The van der Waals surface area contributed by atoms with Gasteiger partial charge in [-0.25, -0.2) is 4.98 Å². The third-order valence-electron chi connectivity index (χ3n) is 4.36. The second-order valence-corrected chi connectivity index (χ2v) is 7.74. The van der Waals surface area contributed by atoms with Gasteiger partial charge in [-0.1, -0.05) is 11.6 Å². The van der Waals surface area contributed by atoms with Gasteiger partial charge in [0.1, 0.15) is 16.4 Å². The molecule has 1 aliphatic rings. The van der Waals surface area contributed by atoms with Crippen LogP contribution in [0.2, 0.25) is 5.02 Å². The minimum atomic E-state index is -0.784. The van der Waals surface area contributed by atoms with E-state index in [1.165, 1.54) is 4.88 Å². The van der Waals surface area contributed by atoms with Crippen molar-refractivity contribution in [2.24, 2.45) is 0 Å². The highest BCUT2D eigenvalue weighted by molar-refractivity contribution is 7.11. The van der Waals surface area contributed by atoms with Gasteiger partial charge in [0.15, 0.2) is 0 Å². The first kappa shape index (κ1) is 20.5. The molecule has 138 valence electrons. The Hall–Kier alpha value is -0.850. The summed E-state index contributed by atoms with van der Waals surface area (Å²) in [4.78, 5) is 5.84. The largest absolute Gasteiger partial charge is 0.493 e. The second-order valence-electron chi connectivity index (χ2n) is 6.22. The van der Waals surface area contributed by atoms with Gasteiger partial charge < -0.3 is 15.2 Å². The summed E-state index contributed by atoms with van der Waals surface area (Å²) in [6.07, 6.45) is 3.26. The normalized spacial score (nSPS) is 20.6. The van der Waals surface area contributed by atoms with Gasteiger partial charge in [0.25, 0.3) is 0 Å². The smallest absolute Gasteiger partial charge is 0.125 e. The summed E-state index contributed by atoms with van der Waals surface area (Å²) < 4.78 is 5.77. The number of rotatable bonds is 5. The number of nitrogens with zero attached hydrogens (tertiary/aromatic N) is 1. The number of ether oxygens (including phenoxy) is 1. The number of thiazole rings is 1. The first-order chi connectivity index (χ1) is 11.6. The summed E-state index contributed by atoms with van der Waals surface area (Å²) in [7, 11) is 0. The van der Waals surface area contributed by atoms with Gasteiger partial charge in [0.2, 0.25) is 0 Å². The molecule has 1 atom stereocenters. The molecular formula is C18H24Cl2N2O2S. The molecule has 25 heavy (non-hydrogen) atoms. The van der Waals surface area contributed by atoms with Crippen molar-refractivity contribution < 1.29 is 9.84 Å². The lowest BCUT2D eigenvalue weighted by atomic mass is 9.96. The molecule has 7 heteroatoms. The molecule has 1 saturated heterocycles. The van der Waals surface area contributed by atoms with E-state index in [4.69, 9.17) is 16.3 Å². The zero-order valence-corrected chi connectivity index (χ0v) is 16.6. The minimum Gasteiger partial charge on any atom is -0.493 e. The molecule has 0 saturated carbocycles. The Morgan fingerprint density at radius 1 is 1.28 bits per heavy atom. The second kappa shape index (κ2) is 9.19. The number of aryl methyl sites for hydroxylation is 1. The maximum atomic E-state index is 11.0. The van der Waals surface area contributed by atoms with E-state index >= 15 is 0 Å². The van der Waals surface area contributed by atoms with Crippen molar-refractivity contribution in [1.82, 2.24) is 10.3 Å². The Balaban J connectivity index is 0.00000225. The molecule has 1 aromatic carbocycles. The van der Waals surface area contributed by atoms with Crippen molar-refractivity contribution in [2.45, 2.75) is 38.2 Å². The molecule has 4 nitrogen and oxygen atoms in total. The maximum absolute atomic E-state index is 11.0. The Bertz CT molecular complexity index is 668. The molecule has 2 heterocycles. The van der Waals surface area contributed by atoms with Crippen LogP contribution in [0.4, 0.5) is 0 Å². The van der Waals surface area contributed by atoms with Crippen molar-refractivity contribution >= 4 is 35.3 Å². The van der Waals surface area contributed by atoms with Gasteiger partial charge in [-0.05, 0) is 63.5 Å². The third-order valence-corrected chi connectivity index (χ3v) is 6.02. The Kier molecular flexibility index (Phi) is 7.52. The Morgan fingerprint density at radius 2 is 2.04 bits per heavy atom. The molecule has 2 aromatic rings. The first-order valence-corrected chi connectivity index (χ1v) is 9.54. The maximum Gasteiger partial charge on any atom is 0.125 e. The quantitative estimate of drug-likeness (QED) is 0.789. The summed E-state index contributed by atoms with van der Waals surface area (Å²) in [5.41, 5.74) is 0.217. The molecule has 0 amide bonds. The van der Waals surface area contributed by atoms with Crippen molar-refractivity contribution in [3.63, 3.8) is 0 Å². The van der Waals surface area contributed by atoms with Crippen molar-refractivity contribution in [2.75, 3.05) is 19.7 Å². The van der Waals surface area contributed by atoms with Gasteiger partial charge in [-0.3, -0.25) is 0 Å². The summed E-state index contributed by atoms with van der Waals surface area (Å²) in [5, 5.41) is 15.8. The van der Waals surface area contributed by atoms with E-state index in [-0.39, 0.29) is 12.4 Å². The fourth-order valence-electron chi connectivity index (χ4n) is 2.92. The predicted molar refractivity (Wildman–Crippen MR) is 105 cm³/mol. The van der Waals surface area contributed by atoms with Crippen LogP contribution in [0.3, 0.4) is 0 Å². The van der Waals surface area contributed by atoms with E-state index in [1.54, 1.807) is 11.3 Å². The first-order valence-electron chi connectivity index (χ1n) is 8.35. The van der Waals surface area contributed by atoms with Crippen LogP contribution in [0.5, 0.6) is 5.75 Å². The van der Waals surface area contributed by atoms with Crippen LogP contribution < -0.4 is 10.1 Å². The molecule has 0 aliphatic carbocycles. The van der Waals surface area contributed by atoms with Gasteiger partial charge in [0.05, 0.1) is 12.3 Å². The number of benzene rings is 1. The summed E-state index contributed by atoms with van der Waals surface area (Å²) >= 11 is 7.50. The standard InChI is InChI=1S/C18H23ClN2O2S.ClH/c1-13-16(7-12-23-15-5-3-14(19)4-6-15)24-17(21-13)18(22)8-2-10-20-11-9-18;/h3-6,20,22H,2,7-12H2,1H3;1H. The van der Waals surface area contributed by atoms with Crippen LogP contribution in [0.15, 0.2) is 24.3 Å². The van der Waals surface area contributed by atoms with Crippen LogP contribution in [-0.4, -0.2) is 29.8 Å². The molecule has 3 rings (SSSR count). The van der Waals surface area contributed by atoms with Crippen molar-refractivity contribution in [1.29, 1.82) is 0 Å². The Morgan fingerprint density at radius 3 is 2.80 bits per heavy atom. The third kappa shape index (κ3) is 5.31. The number of aromatic nitrogens is 1. The highest BCUT2D eigenvalue weighted by Crippen LogP contribution is 2.35. The average Bonchev–Trinajstić information content (AvgIpc) is 2.79. The summed E-state index contributed by atoms with van der Waals surface area (Å²) in [6, 6.07) is 7.38. The van der Waals surface area contributed by atoms with Gasteiger partial charge in [0, 0.05) is 16.3 Å². The number of hydrogen-bond donors (Lipinski definition) is 2. The average molecular weight is 403 g/mol. The number of halogens is 2. The fraction of sp³-hybridized carbons (Fsp3) is 0.500. The van der Waals surface area contributed by atoms with Crippen molar-refractivity contribution in [3.05, 3.63) is 44.9 Å². The molecule has 0 spiro atoms. The van der Waals surface area contributed by atoms with Crippen LogP contribution in [0.25, 0.3) is 0 Å². The van der Waals surface area contributed by atoms with Gasteiger partial charge in [-0.2, -0.15) is 0 Å². The van der Waals surface area contributed by atoms with E-state index in [9.17, 15) is 5.11 Å². The van der Waals surface area contributed by atoms with E-state index in [2.05, 4.69) is 10.3 Å². The summed E-state index contributed by atoms with van der Waals surface area (Å²) in [6.45, 7) is 4.40. The molecule has 1 fully saturated rings. The Labute approximate surface area is 164 Å². The highest BCUT2D eigenvalue weighted by Gasteiger charge is 2.33. The number of aliphatic hydroxyl groups is 1. The van der Waals surface area contributed by atoms with E-state index in [1.807, 2.05) is 31.2 Å². The van der Waals surface area contributed by atoms with Crippen LogP contribution in [0, 0.1) is 6.92 Å². The zero-order valence-electron chi connectivity index (χ0n) is 14.3. The minimum absolute atomic E-state index is 0. The van der Waals surface area contributed by atoms with Crippen LogP contribution >= 0.6 is 35.3 Å². The summed E-state index contributed by atoms with van der Waals surface area (Å²) in [5.74, 6) is 0.815. The number of hydrogen-bond acceptors (Lipinski definition) is 5. The van der Waals surface area contributed by atoms with Crippen LogP contribution in [-0.2, 0) is 12.0 Å². The lowest BCUT2D eigenvalue weighted by Gasteiger charge is -2.23. The molecule has 1 aromatic heterocycles. The highest BCUT2D eigenvalue weighted by atomic mass is 35.5. The lowest BCUT2D eigenvalue weighted by molar-refractivity contribution is 0.0237. The molecule has 1 unspecified atom stereocenters. The molecule has 1 aliphatic heterocycles. The van der Waals surface area contributed by atoms with E-state index < -0.39 is 5.60 Å².